The Morgan fingerprint density at radius 1 is 1.18 bits per heavy atom. The van der Waals surface area contributed by atoms with Gasteiger partial charge in [-0.15, -0.1) is 0 Å². The number of ether oxygens (including phenoxy) is 2. The third kappa shape index (κ3) is 2.10. The molecule has 0 heterocycles. The van der Waals surface area contributed by atoms with E-state index in [1.54, 1.807) is 0 Å². The van der Waals surface area contributed by atoms with E-state index in [0.717, 1.165) is 25.0 Å². The van der Waals surface area contributed by atoms with E-state index >= 15 is 0 Å². The molecule has 2 saturated carbocycles. The molecule has 22 heavy (non-hydrogen) atoms. The van der Waals surface area contributed by atoms with Crippen molar-refractivity contribution < 1.29 is 24.2 Å². The van der Waals surface area contributed by atoms with Gasteiger partial charge in [-0.05, 0) is 30.6 Å². The second-order valence-electron chi connectivity index (χ2n) is 7.03. The first kappa shape index (κ1) is 16.7. The van der Waals surface area contributed by atoms with Crippen molar-refractivity contribution in [1.82, 2.24) is 0 Å². The first-order valence-corrected chi connectivity index (χ1v) is 7.51. The molecule has 5 nitrogen and oxygen atoms in total. The highest BCUT2D eigenvalue weighted by Gasteiger charge is 2.72. The molecule has 2 aliphatic carbocycles. The third-order valence-corrected chi connectivity index (χ3v) is 6.12. The molecule has 0 radical (unpaired) electrons. The first-order valence-electron chi connectivity index (χ1n) is 7.51. The molecule has 122 valence electrons. The highest BCUT2D eigenvalue weighted by Crippen LogP contribution is 2.70. The Labute approximate surface area is 131 Å². The Morgan fingerprint density at radius 2 is 1.68 bits per heavy atom. The Hall–Kier alpha value is -1.62. The van der Waals surface area contributed by atoms with Crippen molar-refractivity contribution in [1.29, 1.82) is 0 Å². The summed E-state index contributed by atoms with van der Waals surface area (Å²) in [5, 5.41) is 11.3. The van der Waals surface area contributed by atoms with Crippen molar-refractivity contribution in [2.75, 3.05) is 0 Å². The smallest absolute Gasteiger partial charge is 0.333 e. The van der Waals surface area contributed by atoms with E-state index in [9.17, 15) is 14.7 Å². The van der Waals surface area contributed by atoms with Gasteiger partial charge in [-0.2, -0.15) is 0 Å². The molecule has 0 unspecified atom stereocenters. The lowest BCUT2D eigenvalue weighted by atomic mass is 9.64. The van der Waals surface area contributed by atoms with Crippen LogP contribution in [0, 0.1) is 16.7 Å². The number of carbonyl (C=O) groups excluding carboxylic acids is 2. The van der Waals surface area contributed by atoms with Gasteiger partial charge in [0.25, 0.3) is 6.29 Å². The minimum atomic E-state index is -1.42. The lowest BCUT2D eigenvalue weighted by molar-refractivity contribution is -0.257. The number of aliphatic hydroxyl groups is 1. The van der Waals surface area contributed by atoms with E-state index in [0.29, 0.717) is 6.42 Å². The van der Waals surface area contributed by atoms with Crippen LogP contribution in [0.5, 0.6) is 0 Å². The summed E-state index contributed by atoms with van der Waals surface area (Å²) in [6.45, 7) is 12.9. The van der Waals surface area contributed by atoms with Crippen LogP contribution in [0.2, 0.25) is 0 Å². The van der Waals surface area contributed by atoms with Gasteiger partial charge in [0.1, 0.15) is 5.60 Å². The van der Waals surface area contributed by atoms with E-state index in [2.05, 4.69) is 27.0 Å². The summed E-state index contributed by atoms with van der Waals surface area (Å²) in [7, 11) is 0. The molecule has 2 rings (SSSR count). The zero-order valence-corrected chi connectivity index (χ0v) is 13.4. The van der Waals surface area contributed by atoms with E-state index < -0.39 is 29.2 Å². The van der Waals surface area contributed by atoms with Gasteiger partial charge in [-0.3, -0.25) is 0 Å². The molecule has 0 aromatic heterocycles. The standard InChI is InChI=1S/C17H24O5/c1-6-12(18)21-14(22-13(19)7-2)17(20)10-11-8-9-16(17,5)15(11,3)4/h6-7,11,14,20H,1-2,8-10H2,3-5H3/t11-,16-,17-/m1/s1. The van der Waals surface area contributed by atoms with Gasteiger partial charge >= 0.3 is 11.9 Å². The van der Waals surface area contributed by atoms with Crippen molar-refractivity contribution in [3.63, 3.8) is 0 Å². The van der Waals surface area contributed by atoms with Crippen molar-refractivity contribution in [3.8, 4) is 0 Å². The predicted octanol–water partition coefficient (Wildman–Crippen LogP) is 2.35. The third-order valence-electron chi connectivity index (χ3n) is 6.12. The fourth-order valence-electron chi connectivity index (χ4n) is 4.21. The quantitative estimate of drug-likeness (QED) is 0.479. The predicted molar refractivity (Wildman–Crippen MR) is 80.5 cm³/mol. The average molecular weight is 308 g/mol. The molecule has 0 aliphatic heterocycles. The number of esters is 2. The van der Waals surface area contributed by atoms with Crippen LogP contribution < -0.4 is 0 Å². The van der Waals surface area contributed by atoms with E-state index in [-0.39, 0.29) is 11.3 Å². The normalized spacial score (nSPS) is 35.2. The SMILES string of the molecule is C=CC(=O)OC(OC(=O)C=C)[C@]1(O)C[C@H]2CC[C@]1(C)C2(C)C. The summed E-state index contributed by atoms with van der Waals surface area (Å²) in [6.07, 6.45) is 2.82. The molecule has 5 heteroatoms. The van der Waals surface area contributed by atoms with Gasteiger partial charge in [0.05, 0.1) is 0 Å². The fourth-order valence-corrected chi connectivity index (χ4v) is 4.21. The summed E-state index contributed by atoms with van der Waals surface area (Å²) < 4.78 is 10.3. The lowest BCUT2D eigenvalue weighted by Crippen LogP contribution is -2.57. The highest BCUT2D eigenvalue weighted by molar-refractivity contribution is 5.83. The second kappa shape index (κ2) is 5.23. The monoisotopic (exact) mass is 308 g/mol. The summed E-state index contributed by atoms with van der Waals surface area (Å²) >= 11 is 0. The average Bonchev–Trinajstić information content (AvgIpc) is 2.78. The summed E-state index contributed by atoms with van der Waals surface area (Å²) in [4.78, 5) is 23.2. The van der Waals surface area contributed by atoms with Gasteiger partial charge < -0.3 is 14.6 Å². The molecule has 1 N–H and O–H groups in total. The van der Waals surface area contributed by atoms with E-state index in [4.69, 9.17) is 9.47 Å². The molecule has 0 spiro atoms. The summed E-state index contributed by atoms with van der Waals surface area (Å²) in [5.41, 5.74) is -2.07. The number of rotatable bonds is 5. The number of hydrogen-bond donors (Lipinski definition) is 1. The zero-order valence-electron chi connectivity index (χ0n) is 13.4. The summed E-state index contributed by atoms with van der Waals surface area (Å²) in [5.74, 6) is -1.19. The van der Waals surface area contributed by atoms with Crippen LogP contribution in [0.4, 0.5) is 0 Å². The van der Waals surface area contributed by atoms with Gasteiger partial charge in [0.2, 0.25) is 0 Å². The molecule has 0 amide bonds. The van der Waals surface area contributed by atoms with E-state index in [1.807, 2.05) is 6.92 Å². The van der Waals surface area contributed by atoms with Crippen molar-refractivity contribution in [2.45, 2.75) is 51.9 Å². The van der Waals surface area contributed by atoms with Crippen LogP contribution in [0.15, 0.2) is 25.3 Å². The van der Waals surface area contributed by atoms with Gasteiger partial charge in [0.15, 0.2) is 0 Å². The van der Waals surface area contributed by atoms with Crippen molar-refractivity contribution in [2.24, 2.45) is 16.7 Å². The Kier molecular flexibility index (Phi) is 3.98. The Balaban J connectivity index is 2.38. The first-order chi connectivity index (χ1) is 10.1. The minimum absolute atomic E-state index is 0.138. The van der Waals surface area contributed by atoms with Crippen molar-refractivity contribution in [3.05, 3.63) is 25.3 Å². The molecule has 2 aliphatic rings. The molecule has 0 saturated heterocycles. The molecule has 0 aromatic rings. The molecule has 3 atom stereocenters. The van der Waals surface area contributed by atoms with Crippen LogP contribution >= 0.6 is 0 Å². The van der Waals surface area contributed by atoms with Crippen LogP contribution in [-0.4, -0.2) is 28.9 Å². The van der Waals surface area contributed by atoms with E-state index in [1.165, 1.54) is 0 Å². The minimum Gasteiger partial charge on any atom is -0.419 e. The molecule has 2 bridgehead atoms. The molecule has 0 aromatic carbocycles. The number of carbonyl (C=O) groups is 2. The topological polar surface area (TPSA) is 72.8 Å². The fraction of sp³-hybridized carbons (Fsp3) is 0.647. The Bertz CT molecular complexity index is 501. The van der Waals surface area contributed by atoms with Crippen LogP contribution in [-0.2, 0) is 19.1 Å². The van der Waals surface area contributed by atoms with Crippen LogP contribution in [0.1, 0.15) is 40.0 Å². The van der Waals surface area contributed by atoms with Gasteiger partial charge in [-0.1, -0.05) is 33.9 Å². The summed E-state index contributed by atoms with van der Waals surface area (Å²) in [6, 6.07) is 0. The number of hydrogen-bond acceptors (Lipinski definition) is 5. The highest BCUT2D eigenvalue weighted by atomic mass is 16.7. The van der Waals surface area contributed by atoms with Crippen LogP contribution in [0.25, 0.3) is 0 Å². The van der Waals surface area contributed by atoms with Crippen LogP contribution in [0.3, 0.4) is 0 Å². The number of fused-ring (bicyclic) bond motifs is 2. The molecular formula is C17H24O5. The maximum Gasteiger partial charge on any atom is 0.333 e. The largest absolute Gasteiger partial charge is 0.419 e. The lowest BCUT2D eigenvalue weighted by Gasteiger charge is -2.47. The second-order valence-corrected chi connectivity index (χ2v) is 7.03. The maximum atomic E-state index is 11.6. The maximum absolute atomic E-state index is 11.6. The van der Waals surface area contributed by atoms with Crippen molar-refractivity contribution >= 4 is 11.9 Å². The Morgan fingerprint density at radius 3 is 2.00 bits per heavy atom. The van der Waals surface area contributed by atoms with Gasteiger partial charge in [-0.25, -0.2) is 9.59 Å². The molecule has 2 fully saturated rings. The molecular weight excluding hydrogens is 284 g/mol. The zero-order chi connectivity index (χ0) is 16.8. The van der Waals surface area contributed by atoms with Gasteiger partial charge in [0, 0.05) is 17.6 Å².